The first-order chi connectivity index (χ1) is 15.7. The highest BCUT2D eigenvalue weighted by Gasteiger charge is 2.17. The Hall–Kier alpha value is -2.65. The molecule has 8 heteroatoms. The Morgan fingerprint density at radius 2 is 1.94 bits per heavy atom. The number of benzene rings is 2. The molecule has 164 valence electrons. The van der Waals surface area contributed by atoms with Crippen LogP contribution in [0, 0.1) is 0 Å². The fraction of sp³-hybridized carbons (Fsp3) is 0.250. The van der Waals surface area contributed by atoms with Crippen LogP contribution in [0.3, 0.4) is 0 Å². The number of aromatic nitrogens is 2. The molecule has 0 radical (unpaired) electrons. The van der Waals surface area contributed by atoms with Crippen LogP contribution in [0.15, 0.2) is 65.0 Å². The molecule has 0 spiro atoms. The van der Waals surface area contributed by atoms with Gasteiger partial charge in [-0.15, -0.1) is 23.1 Å². The number of hydrogen-bond donors (Lipinski definition) is 2. The maximum Gasteiger partial charge on any atom is 0.255 e. The minimum Gasteiger partial charge on any atom is -0.321 e. The Labute approximate surface area is 195 Å². The molecule has 5 rings (SSSR count). The van der Waals surface area contributed by atoms with Gasteiger partial charge >= 0.3 is 0 Å². The van der Waals surface area contributed by atoms with E-state index in [1.807, 2.05) is 54.8 Å². The summed E-state index contributed by atoms with van der Waals surface area (Å²) < 4.78 is 2.18. The van der Waals surface area contributed by atoms with E-state index in [1.54, 1.807) is 23.1 Å². The van der Waals surface area contributed by atoms with Gasteiger partial charge in [0, 0.05) is 66.0 Å². The summed E-state index contributed by atoms with van der Waals surface area (Å²) in [6.45, 7) is 5.12. The zero-order valence-corrected chi connectivity index (χ0v) is 19.5. The lowest BCUT2D eigenvalue weighted by atomic mass is 10.1. The van der Waals surface area contributed by atoms with Gasteiger partial charge in [0.2, 0.25) is 0 Å². The number of amides is 1. The van der Waals surface area contributed by atoms with Crippen LogP contribution in [-0.4, -0.2) is 52.6 Å². The van der Waals surface area contributed by atoms with Crippen LogP contribution in [0.25, 0.3) is 16.2 Å². The first-order valence-electron chi connectivity index (χ1n) is 10.6. The summed E-state index contributed by atoms with van der Waals surface area (Å²) in [6, 6.07) is 15.5. The van der Waals surface area contributed by atoms with Crippen molar-refractivity contribution in [2.75, 3.05) is 37.8 Å². The van der Waals surface area contributed by atoms with Crippen LogP contribution in [0.2, 0.25) is 0 Å². The zero-order chi connectivity index (χ0) is 21.9. The quantitative estimate of drug-likeness (QED) is 0.414. The van der Waals surface area contributed by atoms with Gasteiger partial charge in [0.1, 0.15) is 0 Å². The average Bonchev–Trinajstić information content (AvgIpc) is 3.42. The predicted molar refractivity (Wildman–Crippen MR) is 133 cm³/mol. The largest absolute Gasteiger partial charge is 0.321 e. The van der Waals surface area contributed by atoms with Crippen molar-refractivity contribution >= 4 is 39.7 Å². The summed E-state index contributed by atoms with van der Waals surface area (Å²) in [7, 11) is 0. The molecule has 2 aromatic heterocycles. The Balaban J connectivity index is 1.39. The Kier molecular flexibility index (Phi) is 6.27. The van der Waals surface area contributed by atoms with Crippen molar-refractivity contribution in [2.24, 2.45) is 0 Å². The van der Waals surface area contributed by atoms with Crippen LogP contribution >= 0.6 is 23.1 Å². The summed E-state index contributed by atoms with van der Waals surface area (Å²) in [6.07, 6.45) is 4.11. The van der Waals surface area contributed by atoms with Gasteiger partial charge in [-0.3, -0.25) is 14.1 Å². The molecule has 2 N–H and O–H groups in total. The van der Waals surface area contributed by atoms with E-state index in [0.717, 1.165) is 59.5 Å². The Bertz CT molecular complexity index is 1220. The number of nitrogens with zero attached hydrogens (tertiary/aromatic N) is 3. The Morgan fingerprint density at radius 3 is 2.72 bits per heavy atom. The third-order valence-corrected chi connectivity index (χ3v) is 7.31. The lowest BCUT2D eigenvalue weighted by molar-refractivity contribution is 0.102. The van der Waals surface area contributed by atoms with E-state index in [4.69, 9.17) is 4.98 Å². The third-order valence-electron chi connectivity index (χ3n) is 5.68. The molecule has 1 saturated heterocycles. The zero-order valence-electron chi connectivity index (χ0n) is 17.9. The summed E-state index contributed by atoms with van der Waals surface area (Å²) in [5.41, 5.74) is 4.45. The maximum absolute atomic E-state index is 12.8. The molecule has 0 saturated carbocycles. The molecule has 32 heavy (non-hydrogen) atoms. The van der Waals surface area contributed by atoms with E-state index in [9.17, 15) is 4.79 Å². The average molecular weight is 464 g/mol. The standard InChI is InChI=1S/C24H25N5OS2/c1-31-19-8-6-17(7-9-19)23(30)26-21-5-3-2-4-20(21)22-15-29-18(16-32-24(29)27-22)14-28-12-10-25-11-13-28/h2-9,15-16,25H,10-14H2,1H3,(H,26,30). The number of anilines is 1. The highest BCUT2D eigenvalue weighted by Crippen LogP contribution is 2.30. The highest BCUT2D eigenvalue weighted by atomic mass is 32.2. The second-order valence-corrected chi connectivity index (χ2v) is 9.48. The molecule has 0 unspecified atom stereocenters. The number of carbonyl (C=O) groups excluding carboxylic acids is 1. The number of piperazine rings is 1. The first kappa shape index (κ1) is 21.2. The predicted octanol–water partition coefficient (Wildman–Crippen LogP) is 4.44. The second-order valence-electron chi connectivity index (χ2n) is 7.76. The summed E-state index contributed by atoms with van der Waals surface area (Å²) in [4.78, 5) is 22.3. The van der Waals surface area contributed by atoms with Crippen molar-refractivity contribution in [3.8, 4) is 11.3 Å². The molecular formula is C24H25N5OS2. The van der Waals surface area contributed by atoms with Crippen molar-refractivity contribution in [2.45, 2.75) is 11.4 Å². The monoisotopic (exact) mass is 463 g/mol. The van der Waals surface area contributed by atoms with Gasteiger partial charge in [0.25, 0.3) is 5.91 Å². The first-order valence-corrected chi connectivity index (χ1v) is 12.7. The molecule has 1 amide bonds. The van der Waals surface area contributed by atoms with E-state index in [-0.39, 0.29) is 5.91 Å². The lowest BCUT2D eigenvalue weighted by Gasteiger charge is -2.26. The number of nitrogens with one attached hydrogen (secondary N) is 2. The fourth-order valence-corrected chi connectivity index (χ4v) is 5.20. The molecule has 1 fully saturated rings. The van der Waals surface area contributed by atoms with Crippen LogP contribution in [0.1, 0.15) is 16.1 Å². The van der Waals surface area contributed by atoms with E-state index in [2.05, 4.69) is 31.5 Å². The smallest absolute Gasteiger partial charge is 0.255 e. The number of rotatable bonds is 6. The lowest BCUT2D eigenvalue weighted by Crippen LogP contribution is -2.43. The SMILES string of the molecule is CSc1ccc(C(=O)Nc2ccccc2-c2cn3c(CN4CCNCC4)csc3n2)cc1. The third kappa shape index (κ3) is 4.45. The van der Waals surface area contributed by atoms with Gasteiger partial charge < -0.3 is 10.6 Å². The molecule has 1 aliphatic heterocycles. The maximum atomic E-state index is 12.8. The van der Waals surface area contributed by atoms with Crippen LogP contribution in [0.5, 0.6) is 0 Å². The van der Waals surface area contributed by atoms with E-state index >= 15 is 0 Å². The molecule has 0 bridgehead atoms. The number of hydrogen-bond acceptors (Lipinski definition) is 6. The van der Waals surface area contributed by atoms with Gasteiger partial charge in [-0.2, -0.15) is 0 Å². The van der Waals surface area contributed by atoms with Crippen molar-refractivity contribution < 1.29 is 4.79 Å². The number of thioether (sulfide) groups is 1. The van der Waals surface area contributed by atoms with Crippen LogP contribution in [0.4, 0.5) is 5.69 Å². The van der Waals surface area contributed by atoms with E-state index in [1.165, 1.54) is 5.69 Å². The number of carbonyl (C=O) groups is 1. The highest BCUT2D eigenvalue weighted by molar-refractivity contribution is 7.98. The van der Waals surface area contributed by atoms with Gasteiger partial charge in [-0.05, 0) is 36.6 Å². The molecule has 0 atom stereocenters. The van der Waals surface area contributed by atoms with Crippen molar-refractivity contribution in [3.05, 3.63) is 71.4 Å². The molecule has 2 aromatic carbocycles. The Morgan fingerprint density at radius 1 is 1.16 bits per heavy atom. The van der Waals surface area contributed by atoms with Crippen LogP contribution in [-0.2, 0) is 6.54 Å². The molecule has 1 aliphatic rings. The molecular weight excluding hydrogens is 438 g/mol. The molecule has 4 aromatic rings. The molecule has 0 aliphatic carbocycles. The van der Waals surface area contributed by atoms with Gasteiger partial charge in [0.05, 0.1) is 11.4 Å². The van der Waals surface area contributed by atoms with E-state index in [0.29, 0.717) is 5.56 Å². The van der Waals surface area contributed by atoms with Gasteiger partial charge in [-0.1, -0.05) is 18.2 Å². The van der Waals surface area contributed by atoms with Gasteiger partial charge in [-0.25, -0.2) is 4.98 Å². The fourth-order valence-electron chi connectivity index (χ4n) is 3.92. The normalized spacial score (nSPS) is 14.7. The van der Waals surface area contributed by atoms with E-state index < -0.39 is 0 Å². The van der Waals surface area contributed by atoms with Crippen molar-refractivity contribution in [1.82, 2.24) is 19.6 Å². The molecule has 6 nitrogen and oxygen atoms in total. The summed E-state index contributed by atoms with van der Waals surface area (Å²) >= 11 is 3.32. The minimum atomic E-state index is -0.120. The number of imidazole rings is 1. The topological polar surface area (TPSA) is 61.7 Å². The number of thiazole rings is 1. The second kappa shape index (κ2) is 9.46. The summed E-state index contributed by atoms with van der Waals surface area (Å²) in [5, 5.41) is 8.67. The number of fused-ring (bicyclic) bond motifs is 1. The molecule has 3 heterocycles. The summed E-state index contributed by atoms with van der Waals surface area (Å²) in [5.74, 6) is -0.120. The van der Waals surface area contributed by atoms with Crippen LogP contribution < -0.4 is 10.6 Å². The van der Waals surface area contributed by atoms with Crippen molar-refractivity contribution in [1.29, 1.82) is 0 Å². The number of para-hydroxylation sites is 1. The van der Waals surface area contributed by atoms with Gasteiger partial charge in [0.15, 0.2) is 4.96 Å². The van der Waals surface area contributed by atoms with Crippen molar-refractivity contribution in [3.63, 3.8) is 0 Å². The minimum absolute atomic E-state index is 0.120.